The zero-order chi connectivity index (χ0) is 17.6. The summed E-state index contributed by atoms with van der Waals surface area (Å²) in [6.07, 6.45) is 1.66. The van der Waals surface area contributed by atoms with Crippen molar-refractivity contribution in [2.45, 2.75) is 19.8 Å². The van der Waals surface area contributed by atoms with Crippen molar-refractivity contribution in [3.8, 4) is 17.2 Å². The van der Waals surface area contributed by atoms with E-state index in [2.05, 4.69) is 10.1 Å². The quantitative estimate of drug-likeness (QED) is 0.765. The van der Waals surface area contributed by atoms with E-state index >= 15 is 0 Å². The summed E-state index contributed by atoms with van der Waals surface area (Å²) >= 11 is 0. The van der Waals surface area contributed by atoms with Gasteiger partial charge in [-0.1, -0.05) is 5.16 Å². The third-order valence-corrected chi connectivity index (χ3v) is 4.34. The zero-order valence-electron chi connectivity index (χ0n) is 14.6. The molecule has 0 saturated carbocycles. The molecule has 0 aliphatic carbocycles. The number of likely N-dealkylation sites (tertiary alicyclic amines) is 1. The molecule has 2 heterocycles. The second-order valence-electron chi connectivity index (χ2n) is 6.08. The van der Waals surface area contributed by atoms with Gasteiger partial charge in [0, 0.05) is 31.7 Å². The van der Waals surface area contributed by atoms with E-state index in [-0.39, 0.29) is 12.5 Å². The van der Waals surface area contributed by atoms with Crippen LogP contribution in [0.15, 0.2) is 28.8 Å². The minimum atomic E-state index is 0.0522. The lowest BCUT2D eigenvalue weighted by molar-refractivity contribution is -0.135. The molecule has 0 bridgehead atoms. The lowest BCUT2D eigenvalue weighted by atomic mass is 10.1. The van der Waals surface area contributed by atoms with Gasteiger partial charge in [0.15, 0.2) is 5.82 Å². The zero-order valence-corrected chi connectivity index (χ0v) is 14.6. The van der Waals surface area contributed by atoms with Gasteiger partial charge in [-0.2, -0.15) is 4.98 Å². The van der Waals surface area contributed by atoms with Crippen LogP contribution in [0.1, 0.15) is 19.2 Å². The van der Waals surface area contributed by atoms with Gasteiger partial charge in [-0.3, -0.25) is 4.79 Å². The predicted molar refractivity (Wildman–Crippen MR) is 91.2 cm³/mol. The van der Waals surface area contributed by atoms with Crippen molar-refractivity contribution in [3.63, 3.8) is 0 Å². The van der Waals surface area contributed by atoms with Crippen LogP contribution in [-0.2, 0) is 16.0 Å². The van der Waals surface area contributed by atoms with Crippen molar-refractivity contribution < 1.29 is 18.8 Å². The van der Waals surface area contributed by atoms with Gasteiger partial charge in [-0.15, -0.1) is 0 Å². The minimum absolute atomic E-state index is 0.0522. The highest BCUT2D eigenvalue weighted by molar-refractivity contribution is 5.77. The fourth-order valence-corrected chi connectivity index (χ4v) is 2.95. The number of hydrogen-bond acceptors (Lipinski definition) is 6. The molecule has 1 aromatic carbocycles. The fraction of sp³-hybridized carbons (Fsp3) is 0.500. The van der Waals surface area contributed by atoms with Crippen LogP contribution in [0.5, 0.6) is 5.75 Å². The van der Waals surface area contributed by atoms with Crippen LogP contribution in [0.2, 0.25) is 0 Å². The van der Waals surface area contributed by atoms with Crippen LogP contribution in [0.3, 0.4) is 0 Å². The number of carbonyl (C=O) groups excluding carboxylic acids is 1. The molecule has 2 aromatic rings. The first-order valence-corrected chi connectivity index (χ1v) is 8.52. The molecule has 1 unspecified atom stereocenters. The lowest BCUT2D eigenvalue weighted by Gasteiger charge is -2.15. The molecule has 25 heavy (non-hydrogen) atoms. The summed E-state index contributed by atoms with van der Waals surface area (Å²) in [6, 6.07) is 7.50. The standard InChI is InChI=1S/C18H23N3O4/c1-3-24-12-17(22)21-9-8-13(11-21)10-16-19-18(25-20-16)14-4-6-15(23-2)7-5-14/h4-7,13H,3,8-12H2,1-2H3. The Bertz CT molecular complexity index is 699. The normalized spacial score (nSPS) is 17.0. The van der Waals surface area contributed by atoms with E-state index in [0.29, 0.717) is 30.7 Å². The highest BCUT2D eigenvalue weighted by Gasteiger charge is 2.27. The molecule has 0 spiro atoms. The molecule has 1 aromatic heterocycles. The Morgan fingerprint density at radius 1 is 1.36 bits per heavy atom. The van der Waals surface area contributed by atoms with Crippen LogP contribution in [-0.4, -0.2) is 54.4 Å². The van der Waals surface area contributed by atoms with Crippen molar-refractivity contribution >= 4 is 5.91 Å². The van der Waals surface area contributed by atoms with E-state index < -0.39 is 0 Å². The third-order valence-electron chi connectivity index (χ3n) is 4.34. The summed E-state index contributed by atoms with van der Waals surface area (Å²) in [4.78, 5) is 18.3. The van der Waals surface area contributed by atoms with Crippen molar-refractivity contribution in [2.75, 3.05) is 33.4 Å². The summed E-state index contributed by atoms with van der Waals surface area (Å²) in [5.41, 5.74) is 0.861. The maximum atomic E-state index is 12.0. The van der Waals surface area contributed by atoms with Crippen molar-refractivity contribution in [1.82, 2.24) is 15.0 Å². The Morgan fingerprint density at radius 3 is 2.88 bits per heavy atom. The molecule has 1 aliphatic rings. The van der Waals surface area contributed by atoms with E-state index in [1.165, 1.54) is 0 Å². The summed E-state index contributed by atoms with van der Waals surface area (Å²) in [5, 5.41) is 4.07. The predicted octanol–water partition coefficient (Wildman–Crippen LogP) is 2.17. The third kappa shape index (κ3) is 4.36. The van der Waals surface area contributed by atoms with Gasteiger partial charge in [-0.05, 0) is 43.5 Å². The number of carbonyl (C=O) groups is 1. The number of benzene rings is 1. The molecule has 1 atom stereocenters. The van der Waals surface area contributed by atoms with Gasteiger partial charge < -0.3 is 18.9 Å². The second-order valence-corrected chi connectivity index (χ2v) is 6.08. The van der Waals surface area contributed by atoms with Gasteiger partial charge in [0.1, 0.15) is 12.4 Å². The van der Waals surface area contributed by atoms with Crippen LogP contribution in [0.4, 0.5) is 0 Å². The summed E-state index contributed by atoms with van der Waals surface area (Å²) in [6.45, 7) is 4.09. The Hall–Kier alpha value is -2.41. The Kier molecular flexibility index (Phi) is 5.65. The molecular weight excluding hydrogens is 322 g/mol. The number of aromatic nitrogens is 2. The molecule has 1 fully saturated rings. The van der Waals surface area contributed by atoms with Crippen LogP contribution in [0, 0.1) is 5.92 Å². The first-order valence-electron chi connectivity index (χ1n) is 8.52. The number of hydrogen-bond donors (Lipinski definition) is 0. The van der Waals surface area contributed by atoms with Crippen molar-refractivity contribution in [1.29, 1.82) is 0 Å². The van der Waals surface area contributed by atoms with Gasteiger partial charge in [0.25, 0.3) is 5.89 Å². The minimum Gasteiger partial charge on any atom is -0.497 e. The molecule has 0 N–H and O–H groups in total. The van der Waals surface area contributed by atoms with E-state index in [0.717, 1.165) is 30.8 Å². The molecule has 1 amide bonds. The van der Waals surface area contributed by atoms with E-state index in [4.69, 9.17) is 14.0 Å². The first-order chi connectivity index (χ1) is 12.2. The van der Waals surface area contributed by atoms with E-state index in [1.807, 2.05) is 36.1 Å². The maximum absolute atomic E-state index is 12.0. The highest BCUT2D eigenvalue weighted by Crippen LogP contribution is 2.23. The SMILES string of the molecule is CCOCC(=O)N1CCC(Cc2noc(-c3ccc(OC)cc3)n2)C1. The van der Waals surface area contributed by atoms with Gasteiger partial charge in [0.05, 0.1) is 7.11 Å². The second kappa shape index (κ2) is 8.11. The van der Waals surface area contributed by atoms with Crippen molar-refractivity contribution in [3.05, 3.63) is 30.1 Å². The first kappa shape index (κ1) is 17.4. The number of amides is 1. The summed E-state index contributed by atoms with van der Waals surface area (Å²) in [5.74, 6) is 2.37. The lowest BCUT2D eigenvalue weighted by Crippen LogP contribution is -2.32. The average Bonchev–Trinajstić information content (AvgIpc) is 3.30. The topological polar surface area (TPSA) is 77.7 Å². The number of rotatable bonds is 7. The smallest absolute Gasteiger partial charge is 0.257 e. The highest BCUT2D eigenvalue weighted by atomic mass is 16.5. The number of nitrogens with zero attached hydrogens (tertiary/aromatic N) is 3. The molecule has 0 radical (unpaired) electrons. The Balaban J connectivity index is 1.56. The molecule has 1 aliphatic heterocycles. The van der Waals surface area contributed by atoms with Gasteiger partial charge in [-0.25, -0.2) is 0 Å². The van der Waals surface area contributed by atoms with Gasteiger partial charge in [0.2, 0.25) is 5.91 Å². The van der Waals surface area contributed by atoms with Crippen LogP contribution >= 0.6 is 0 Å². The largest absolute Gasteiger partial charge is 0.497 e. The maximum Gasteiger partial charge on any atom is 0.257 e. The monoisotopic (exact) mass is 345 g/mol. The summed E-state index contributed by atoms with van der Waals surface area (Å²) in [7, 11) is 1.63. The number of ether oxygens (including phenoxy) is 2. The van der Waals surface area contributed by atoms with E-state index in [9.17, 15) is 4.79 Å². The molecule has 3 rings (SSSR count). The summed E-state index contributed by atoms with van der Waals surface area (Å²) < 4.78 is 15.7. The Labute approximate surface area is 146 Å². The molecule has 7 nitrogen and oxygen atoms in total. The Morgan fingerprint density at radius 2 is 2.16 bits per heavy atom. The van der Waals surface area contributed by atoms with Crippen LogP contribution in [0.25, 0.3) is 11.5 Å². The molecule has 1 saturated heterocycles. The van der Waals surface area contributed by atoms with E-state index in [1.54, 1.807) is 7.11 Å². The van der Waals surface area contributed by atoms with Crippen molar-refractivity contribution in [2.24, 2.45) is 5.92 Å². The fourth-order valence-electron chi connectivity index (χ4n) is 2.95. The molecule has 134 valence electrons. The number of methoxy groups -OCH3 is 1. The average molecular weight is 345 g/mol. The molecule has 7 heteroatoms. The van der Waals surface area contributed by atoms with Crippen LogP contribution < -0.4 is 4.74 Å². The van der Waals surface area contributed by atoms with Gasteiger partial charge >= 0.3 is 0 Å². The molecular formula is C18H23N3O4.